The molecule has 0 bridgehead atoms. The van der Waals surface area contributed by atoms with Crippen molar-refractivity contribution in [1.29, 1.82) is 0 Å². The zero-order valence-electron chi connectivity index (χ0n) is 16.1. The van der Waals surface area contributed by atoms with Crippen molar-refractivity contribution in [3.8, 4) is 17.2 Å². The third kappa shape index (κ3) is 5.64. The summed E-state index contributed by atoms with van der Waals surface area (Å²) in [6.45, 7) is -2.69. The maximum absolute atomic E-state index is 12.5. The van der Waals surface area contributed by atoms with E-state index in [0.717, 1.165) is 5.69 Å². The lowest BCUT2D eigenvalue weighted by Crippen LogP contribution is -2.04. The molecule has 0 unspecified atom stereocenters. The second kappa shape index (κ2) is 10.2. The maximum atomic E-state index is 12.5. The molecule has 30 heavy (non-hydrogen) atoms. The van der Waals surface area contributed by atoms with Crippen molar-refractivity contribution in [3.63, 3.8) is 0 Å². The van der Waals surface area contributed by atoms with Gasteiger partial charge in [-0.2, -0.15) is 8.78 Å². The van der Waals surface area contributed by atoms with Gasteiger partial charge in [0.05, 0.1) is 12.8 Å². The molecule has 0 atom stereocenters. The van der Waals surface area contributed by atoms with Gasteiger partial charge in [-0.25, -0.2) is 0 Å². The normalized spacial score (nSPS) is 10.9. The first-order chi connectivity index (χ1) is 14.6. The van der Waals surface area contributed by atoms with Gasteiger partial charge < -0.3 is 14.2 Å². The number of para-hydroxylation sites is 1. The number of pyridine rings is 1. The van der Waals surface area contributed by atoms with Crippen molar-refractivity contribution in [2.45, 2.75) is 13.2 Å². The number of ether oxygens (including phenoxy) is 3. The third-order valence-corrected chi connectivity index (χ3v) is 4.10. The number of benzene rings is 2. The Kier molecular flexibility index (Phi) is 7.10. The minimum atomic E-state index is -2.98. The fourth-order valence-corrected chi connectivity index (χ4v) is 2.66. The van der Waals surface area contributed by atoms with Crippen molar-refractivity contribution in [2.75, 3.05) is 7.11 Å². The Morgan fingerprint density at radius 1 is 1.03 bits per heavy atom. The quantitative estimate of drug-likeness (QED) is 0.359. The van der Waals surface area contributed by atoms with Crippen LogP contribution in [0.15, 0.2) is 72.9 Å². The van der Waals surface area contributed by atoms with E-state index < -0.39 is 6.61 Å². The van der Waals surface area contributed by atoms with Crippen molar-refractivity contribution >= 4 is 11.9 Å². The Morgan fingerprint density at radius 3 is 2.57 bits per heavy atom. The van der Waals surface area contributed by atoms with Crippen LogP contribution in [0.4, 0.5) is 8.78 Å². The molecule has 7 heteroatoms. The van der Waals surface area contributed by atoms with Gasteiger partial charge in [0.15, 0.2) is 17.3 Å². The Labute approximate surface area is 172 Å². The molecule has 0 aliphatic heterocycles. The van der Waals surface area contributed by atoms with Crippen LogP contribution in [0.25, 0.3) is 6.08 Å². The van der Waals surface area contributed by atoms with Crippen LogP contribution < -0.4 is 14.2 Å². The zero-order valence-corrected chi connectivity index (χ0v) is 16.1. The topological polar surface area (TPSA) is 57.7 Å². The van der Waals surface area contributed by atoms with E-state index in [2.05, 4.69) is 9.72 Å². The molecule has 1 heterocycles. The van der Waals surface area contributed by atoms with Crippen LogP contribution in [-0.2, 0) is 6.61 Å². The van der Waals surface area contributed by atoms with Crippen LogP contribution in [0, 0.1) is 0 Å². The van der Waals surface area contributed by atoms with E-state index in [1.807, 2.05) is 36.4 Å². The van der Waals surface area contributed by atoms with Gasteiger partial charge >= 0.3 is 6.61 Å². The van der Waals surface area contributed by atoms with Gasteiger partial charge in [0.2, 0.25) is 0 Å². The lowest BCUT2D eigenvalue weighted by molar-refractivity contribution is -0.0512. The molecule has 0 aliphatic carbocycles. The number of alkyl halides is 2. The summed E-state index contributed by atoms with van der Waals surface area (Å²) in [5.41, 5.74) is 1.77. The van der Waals surface area contributed by atoms with Gasteiger partial charge in [-0.3, -0.25) is 9.78 Å². The van der Waals surface area contributed by atoms with E-state index in [-0.39, 0.29) is 22.8 Å². The third-order valence-electron chi connectivity index (χ3n) is 4.10. The van der Waals surface area contributed by atoms with E-state index in [0.29, 0.717) is 17.9 Å². The van der Waals surface area contributed by atoms with Crippen molar-refractivity contribution in [3.05, 3.63) is 89.8 Å². The SMILES string of the molecule is COc1cc(C(=O)/C=C/c2ccccc2OCc2ccccn2)ccc1OC(F)F. The summed E-state index contributed by atoms with van der Waals surface area (Å²) in [4.78, 5) is 16.7. The average molecular weight is 411 g/mol. The highest BCUT2D eigenvalue weighted by molar-refractivity contribution is 6.07. The predicted molar refractivity (Wildman–Crippen MR) is 108 cm³/mol. The van der Waals surface area contributed by atoms with Crippen LogP contribution in [0.3, 0.4) is 0 Å². The van der Waals surface area contributed by atoms with Crippen LogP contribution in [0.1, 0.15) is 21.6 Å². The molecule has 154 valence electrons. The van der Waals surface area contributed by atoms with Gasteiger partial charge in [-0.1, -0.05) is 24.3 Å². The van der Waals surface area contributed by atoms with E-state index in [1.54, 1.807) is 18.3 Å². The molecule has 0 spiro atoms. The summed E-state index contributed by atoms with van der Waals surface area (Å²) in [7, 11) is 1.31. The highest BCUT2D eigenvalue weighted by Crippen LogP contribution is 2.30. The van der Waals surface area contributed by atoms with Gasteiger partial charge in [-0.05, 0) is 48.6 Å². The summed E-state index contributed by atoms with van der Waals surface area (Å²) in [5.74, 6) is 0.192. The minimum absolute atomic E-state index is 0.0497. The molecule has 1 aromatic heterocycles. The molecule has 0 amide bonds. The molecular weight excluding hydrogens is 392 g/mol. The molecule has 0 fully saturated rings. The largest absolute Gasteiger partial charge is 0.493 e. The first-order valence-electron chi connectivity index (χ1n) is 9.04. The first kappa shape index (κ1) is 21.0. The average Bonchev–Trinajstić information content (AvgIpc) is 2.77. The molecule has 5 nitrogen and oxygen atoms in total. The maximum Gasteiger partial charge on any atom is 0.387 e. The predicted octanol–water partition coefficient (Wildman–Crippen LogP) is 5.17. The fraction of sp³-hybridized carbons (Fsp3) is 0.130. The summed E-state index contributed by atoms with van der Waals surface area (Å²) >= 11 is 0. The number of aromatic nitrogens is 1. The number of carbonyl (C=O) groups excluding carboxylic acids is 1. The van der Waals surface area contributed by atoms with Crippen molar-refractivity contribution < 1.29 is 27.8 Å². The number of halogens is 2. The van der Waals surface area contributed by atoms with Gasteiger partial charge in [-0.15, -0.1) is 0 Å². The van der Waals surface area contributed by atoms with Crippen molar-refractivity contribution in [1.82, 2.24) is 4.98 Å². The fourth-order valence-electron chi connectivity index (χ4n) is 2.66. The van der Waals surface area contributed by atoms with Gasteiger partial charge in [0.25, 0.3) is 0 Å². The molecule has 2 aromatic carbocycles. The van der Waals surface area contributed by atoms with E-state index in [9.17, 15) is 13.6 Å². The Morgan fingerprint density at radius 2 is 1.83 bits per heavy atom. The summed E-state index contributed by atoms with van der Waals surface area (Å²) in [5, 5.41) is 0. The minimum Gasteiger partial charge on any atom is -0.493 e. The number of rotatable bonds is 9. The number of hydrogen-bond acceptors (Lipinski definition) is 5. The summed E-state index contributed by atoms with van der Waals surface area (Å²) in [6, 6.07) is 16.9. The smallest absolute Gasteiger partial charge is 0.387 e. The molecule has 0 aliphatic rings. The number of nitrogens with zero attached hydrogens (tertiary/aromatic N) is 1. The van der Waals surface area contributed by atoms with Crippen molar-refractivity contribution in [2.24, 2.45) is 0 Å². The molecule has 3 aromatic rings. The standard InChI is InChI=1S/C23H19F2NO4/c1-28-22-14-17(10-12-21(22)30-23(24)25)19(27)11-9-16-6-2-3-8-20(16)29-15-18-7-4-5-13-26-18/h2-14,23H,15H2,1H3/b11-9+. The van der Waals surface area contributed by atoms with Crippen LogP contribution in [0.5, 0.6) is 17.2 Å². The Bertz CT molecular complexity index is 1020. The van der Waals surface area contributed by atoms with E-state index in [4.69, 9.17) is 9.47 Å². The lowest BCUT2D eigenvalue weighted by atomic mass is 10.1. The molecule has 0 N–H and O–H groups in total. The van der Waals surface area contributed by atoms with Crippen LogP contribution in [0.2, 0.25) is 0 Å². The number of hydrogen-bond donors (Lipinski definition) is 0. The second-order valence-electron chi connectivity index (χ2n) is 6.09. The number of methoxy groups -OCH3 is 1. The summed E-state index contributed by atoms with van der Waals surface area (Å²) < 4.78 is 40.1. The highest BCUT2D eigenvalue weighted by atomic mass is 19.3. The van der Waals surface area contributed by atoms with Gasteiger partial charge in [0, 0.05) is 17.3 Å². The Hall–Kier alpha value is -3.74. The number of ketones is 1. The highest BCUT2D eigenvalue weighted by Gasteiger charge is 2.13. The molecule has 0 saturated heterocycles. The number of carbonyl (C=O) groups is 1. The molecule has 3 rings (SSSR count). The second-order valence-corrected chi connectivity index (χ2v) is 6.09. The number of allylic oxidation sites excluding steroid dienone is 1. The Balaban J connectivity index is 1.73. The monoisotopic (exact) mass is 411 g/mol. The van der Waals surface area contributed by atoms with E-state index >= 15 is 0 Å². The first-order valence-corrected chi connectivity index (χ1v) is 9.04. The van der Waals surface area contributed by atoms with E-state index in [1.165, 1.54) is 31.4 Å². The lowest BCUT2D eigenvalue weighted by Gasteiger charge is -2.10. The summed E-state index contributed by atoms with van der Waals surface area (Å²) in [6.07, 6.45) is 4.70. The molecular formula is C23H19F2NO4. The van der Waals surface area contributed by atoms with Gasteiger partial charge in [0.1, 0.15) is 12.4 Å². The molecule has 0 radical (unpaired) electrons. The van der Waals surface area contributed by atoms with Crippen LogP contribution in [-0.4, -0.2) is 24.5 Å². The molecule has 0 saturated carbocycles. The zero-order chi connectivity index (χ0) is 21.3. The van der Waals surface area contributed by atoms with Crippen LogP contribution >= 0.6 is 0 Å².